The van der Waals surface area contributed by atoms with Crippen molar-refractivity contribution in [1.82, 2.24) is 9.55 Å². The third-order valence-electron chi connectivity index (χ3n) is 4.70. The van der Waals surface area contributed by atoms with Crippen LogP contribution >= 0.6 is 0 Å². The first-order valence-electron chi connectivity index (χ1n) is 9.63. The fraction of sp³-hybridized carbons (Fsp3) is 0.364. The molecule has 1 atom stereocenters. The van der Waals surface area contributed by atoms with Crippen LogP contribution in [-0.2, 0) is 11.3 Å². The molecule has 1 aromatic heterocycles. The second-order valence-corrected chi connectivity index (χ2v) is 7.48. The number of fused-ring (bicyclic) bond motifs is 1. The van der Waals surface area contributed by atoms with Gasteiger partial charge in [0, 0.05) is 12.2 Å². The zero-order valence-electron chi connectivity index (χ0n) is 16.9. The number of hydrogen-bond acceptors (Lipinski definition) is 4. The van der Waals surface area contributed by atoms with Crippen LogP contribution < -0.4 is 10.6 Å². The quantitative estimate of drug-likeness (QED) is 0.581. The number of aliphatic hydroxyl groups is 1. The molecular weight excluding hydrogens is 352 g/mol. The van der Waals surface area contributed by atoms with Gasteiger partial charge < -0.3 is 20.3 Å². The number of nitrogens with zero attached hydrogens (tertiary/aromatic N) is 2. The van der Waals surface area contributed by atoms with Crippen LogP contribution in [0.4, 0.5) is 11.6 Å². The van der Waals surface area contributed by atoms with Gasteiger partial charge in [-0.15, -0.1) is 0 Å². The lowest BCUT2D eigenvalue weighted by atomic mass is 9.98. The Morgan fingerprint density at radius 1 is 1.14 bits per heavy atom. The summed E-state index contributed by atoms with van der Waals surface area (Å²) in [6.07, 6.45) is -0.511. The van der Waals surface area contributed by atoms with Crippen LogP contribution in [0.1, 0.15) is 37.8 Å². The molecule has 0 aliphatic rings. The summed E-state index contributed by atoms with van der Waals surface area (Å²) in [6, 6.07) is 13.8. The van der Waals surface area contributed by atoms with Gasteiger partial charge in [0.2, 0.25) is 11.9 Å². The minimum Gasteiger partial charge on any atom is -0.392 e. The van der Waals surface area contributed by atoms with Gasteiger partial charge in [-0.1, -0.05) is 44.2 Å². The van der Waals surface area contributed by atoms with E-state index in [0.717, 1.165) is 27.8 Å². The van der Waals surface area contributed by atoms with Gasteiger partial charge in [0.05, 0.1) is 17.1 Å². The van der Waals surface area contributed by atoms with Crippen molar-refractivity contribution < 1.29 is 9.90 Å². The first-order valence-corrected chi connectivity index (χ1v) is 9.63. The number of benzene rings is 2. The highest BCUT2D eigenvalue weighted by Crippen LogP contribution is 2.28. The number of rotatable bonds is 7. The average Bonchev–Trinajstić information content (AvgIpc) is 2.99. The van der Waals surface area contributed by atoms with Gasteiger partial charge >= 0.3 is 0 Å². The third-order valence-corrected chi connectivity index (χ3v) is 4.70. The molecule has 0 radical (unpaired) electrons. The third kappa shape index (κ3) is 4.34. The molecule has 6 heteroatoms. The van der Waals surface area contributed by atoms with Crippen LogP contribution in [0.15, 0.2) is 42.5 Å². The SMILES string of the molecule is Cc1cccc(C(C)C)c1NC(=O)Cn1c(NCC(C)O)nc2ccccc21. The Hall–Kier alpha value is -2.86. The monoisotopic (exact) mass is 380 g/mol. The summed E-state index contributed by atoms with van der Waals surface area (Å²) >= 11 is 0. The van der Waals surface area contributed by atoms with Gasteiger partial charge in [-0.2, -0.15) is 0 Å². The molecule has 2 aromatic carbocycles. The van der Waals surface area contributed by atoms with E-state index in [-0.39, 0.29) is 12.5 Å². The summed E-state index contributed by atoms with van der Waals surface area (Å²) < 4.78 is 1.85. The van der Waals surface area contributed by atoms with Crippen LogP contribution in [0.2, 0.25) is 0 Å². The number of amides is 1. The van der Waals surface area contributed by atoms with E-state index < -0.39 is 6.10 Å². The van der Waals surface area contributed by atoms with Gasteiger partial charge in [-0.25, -0.2) is 4.98 Å². The number of imidazole rings is 1. The van der Waals surface area contributed by atoms with Gasteiger partial charge in [-0.3, -0.25) is 4.79 Å². The number of aromatic nitrogens is 2. The van der Waals surface area contributed by atoms with Gasteiger partial charge in [0.25, 0.3) is 0 Å². The number of aryl methyl sites for hydroxylation is 1. The topological polar surface area (TPSA) is 79.2 Å². The second-order valence-electron chi connectivity index (χ2n) is 7.48. The van der Waals surface area contributed by atoms with E-state index in [9.17, 15) is 9.90 Å². The number of hydrogen-bond donors (Lipinski definition) is 3. The summed E-state index contributed by atoms with van der Waals surface area (Å²) in [5.74, 6) is 0.776. The molecule has 3 N–H and O–H groups in total. The molecule has 0 saturated heterocycles. The maximum Gasteiger partial charge on any atom is 0.244 e. The predicted octanol–water partition coefficient (Wildman–Crippen LogP) is 3.90. The number of nitrogens with one attached hydrogen (secondary N) is 2. The van der Waals surface area contributed by atoms with Gasteiger partial charge in [-0.05, 0) is 43.0 Å². The molecule has 1 unspecified atom stereocenters. The molecule has 1 amide bonds. The van der Waals surface area contributed by atoms with Crippen molar-refractivity contribution in [3.8, 4) is 0 Å². The van der Waals surface area contributed by atoms with E-state index in [4.69, 9.17) is 0 Å². The molecule has 3 rings (SSSR count). The molecule has 0 saturated carbocycles. The van der Waals surface area contributed by atoms with E-state index in [1.165, 1.54) is 0 Å². The molecule has 0 fully saturated rings. The number of anilines is 2. The molecule has 3 aromatic rings. The fourth-order valence-corrected chi connectivity index (χ4v) is 3.27. The van der Waals surface area contributed by atoms with E-state index in [1.807, 2.05) is 47.9 Å². The van der Waals surface area contributed by atoms with Gasteiger partial charge in [0.1, 0.15) is 6.54 Å². The summed E-state index contributed by atoms with van der Waals surface area (Å²) in [5.41, 5.74) is 4.73. The fourth-order valence-electron chi connectivity index (χ4n) is 3.27. The summed E-state index contributed by atoms with van der Waals surface area (Å²) in [7, 11) is 0. The smallest absolute Gasteiger partial charge is 0.244 e. The minimum absolute atomic E-state index is 0.112. The molecule has 0 aliphatic heterocycles. The summed E-state index contributed by atoms with van der Waals surface area (Å²) in [4.78, 5) is 17.5. The zero-order chi connectivity index (χ0) is 20.3. The average molecular weight is 380 g/mol. The van der Waals surface area contributed by atoms with Crippen LogP contribution in [0, 0.1) is 6.92 Å². The highest BCUT2D eigenvalue weighted by atomic mass is 16.3. The van der Waals surface area contributed by atoms with Crippen molar-refractivity contribution in [1.29, 1.82) is 0 Å². The van der Waals surface area contributed by atoms with Crippen molar-refractivity contribution in [2.75, 3.05) is 17.2 Å². The van der Waals surface area contributed by atoms with Crippen molar-refractivity contribution >= 4 is 28.6 Å². The van der Waals surface area contributed by atoms with Crippen molar-refractivity contribution in [3.05, 3.63) is 53.6 Å². The lowest BCUT2D eigenvalue weighted by molar-refractivity contribution is -0.116. The highest BCUT2D eigenvalue weighted by molar-refractivity contribution is 5.93. The molecular formula is C22H28N4O2. The Bertz CT molecular complexity index is 976. The Morgan fingerprint density at radius 2 is 1.89 bits per heavy atom. The maximum atomic E-state index is 12.9. The minimum atomic E-state index is -0.511. The van der Waals surface area contributed by atoms with Crippen molar-refractivity contribution in [2.24, 2.45) is 0 Å². The summed E-state index contributed by atoms with van der Waals surface area (Å²) in [6.45, 7) is 8.44. The van der Waals surface area contributed by atoms with E-state index in [2.05, 4.69) is 35.5 Å². The molecule has 6 nitrogen and oxygen atoms in total. The van der Waals surface area contributed by atoms with Crippen LogP contribution in [0.25, 0.3) is 11.0 Å². The van der Waals surface area contributed by atoms with Crippen molar-refractivity contribution in [3.63, 3.8) is 0 Å². The number of carbonyl (C=O) groups is 1. The lowest BCUT2D eigenvalue weighted by Crippen LogP contribution is -2.23. The van der Waals surface area contributed by atoms with Crippen LogP contribution in [-0.4, -0.2) is 33.2 Å². The number of para-hydroxylation sites is 3. The zero-order valence-corrected chi connectivity index (χ0v) is 16.9. The first-order chi connectivity index (χ1) is 13.4. The Balaban J connectivity index is 1.88. The van der Waals surface area contributed by atoms with Crippen LogP contribution in [0.3, 0.4) is 0 Å². The summed E-state index contributed by atoms with van der Waals surface area (Å²) in [5, 5.41) is 15.8. The molecule has 0 aliphatic carbocycles. The highest BCUT2D eigenvalue weighted by Gasteiger charge is 2.16. The van der Waals surface area contributed by atoms with Gasteiger partial charge in [0.15, 0.2) is 0 Å². The van der Waals surface area contributed by atoms with Crippen molar-refractivity contribution in [2.45, 2.75) is 46.3 Å². The lowest BCUT2D eigenvalue weighted by Gasteiger charge is -2.17. The Kier molecular flexibility index (Phi) is 5.99. The Morgan fingerprint density at radius 3 is 2.61 bits per heavy atom. The molecule has 1 heterocycles. The molecule has 0 bridgehead atoms. The molecule has 28 heavy (non-hydrogen) atoms. The first kappa shape index (κ1) is 19.9. The largest absolute Gasteiger partial charge is 0.392 e. The maximum absolute atomic E-state index is 12.9. The normalized spacial score (nSPS) is 12.4. The standard InChI is InChI=1S/C22H28N4O2/c1-14(2)17-9-7-8-15(3)21(17)25-20(28)13-26-19-11-6-5-10-18(19)24-22(26)23-12-16(4)27/h5-11,14,16,27H,12-13H2,1-4H3,(H,23,24)(H,25,28). The van der Waals surface area contributed by atoms with E-state index >= 15 is 0 Å². The molecule has 0 spiro atoms. The Labute approximate surface area is 165 Å². The second kappa shape index (κ2) is 8.44. The predicted molar refractivity (Wildman–Crippen MR) is 114 cm³/mol. The van der Waals surface area contributed by atoms with E-state index in [1.54, 1.807) is 6.92 Å². The van der Waals surface area contributed by atoms with Crippen LogP contribution in [0.5, 0.6) is 0 Å². The number of aliphatic hydroxyl groups excluding tert-OH is 1. The van der Waals surface area contributed by atoms with E-state index in [0.29, 0.717) is 18.4 Å². The molecule has 148 valence electrons. The number of carbonyl (C=O) groups excluding carboxylic acids is 1.